The number of nitrogens with one attached hydrogen (secondary N) is 1. The molecule has 5 heteroatoms. The zero-order chi connectivity index (χ0) is 17.4. The van der Waals surface area contributed by atoms with E-state index in [9.17, 15) is 9.59 Å². The lowest BCUT2D eigenvalue weighted by Gasteiger charge is -2.23. The highest BCUT2D eigenvalue weighted by Gasteiger charge is 2.58. The second-order valence-corrected chi connectivity index (χ2v) is 7.83. The second kappa shape index (κ2) is 6.45. The van der Waals surface area contributed by atoms with Crippen LogP contribution in [0.4, 0.5) is 0 Å². The molecule has 1 aromatic rings. The maximum atomic E-state index is 12.6. The monoisotopic (exact) mass is 342 g/mol. The SMILES string of the molecule is COC(=O)C1(C(=O)N[C@@H]2CC[C@H]3CN(Cc4ccccc4)C[C@H]32)CC1. The molecule has 3 aliphatic rings. The smallest absolute Gasteiger partial charge is 0.321 e. The summed E-state index contributed by atoms with van der Waals surface area (Å²) in [5.41, 5.74) is 0.445. The molecule has 5 nitrogen and oxygen atoms in total. The lowest BCUT2D eigenvalue weighted by Crippen LogP contribution is -2.45. The van der Waals surface area contributed by atoms with Gasteiger partial charge in [0.1, 0.15) is 5.41 Å². The van der Waals surface area contributed by atoms with Gasteiger partial charge >= 0.3 is 5.97 Å². The number of rotatable bonds is 5. The van der Waals surface area contributed by atoms with Gasteiger partial charge in [0.15, 0.2) is 0 Å². The molecular weight excluding hydrogens is 316 g/mol. The van der Waals surface area contributed by atoms with Gasteiger partial charge in [-0.3, -0.25) is 14.5 Å². The fraction of sp³-hybridized carbons (Fsp3) is 0.600. The molecule has 0 aromatic heterocycles. The van der Waals surface area contributed by atoms with Gasteiger partial charge in [0.25, 0.3) is 0 Å². The summed E-state index contributed by atoms with van der Waals surface area (Å²) >= 11 is 0. The maximum Gasteiger partial charge on any atom is 0.321 e. The first-order chi connectivity index (χ1) is 12.1. The van der Waals surface area contributed by atoms with E-state index in [1.54, 1.807) is 0 Å². The number of hydrogen-bond donors (Lipinski definition) is 1. The Bertz CT molecular complexity index is 656. The Morgan fingerprint density at radius 1 is 1.20 bits per heavy atom. The van der Waals surface area contributed by atoms with E-state index >= 15 is 0 Å². The number of hydrogen-bond acceptors (Lipinski definition) is 4. The van der Waals surface area contributed by atoms with Crippen molar-refractivity contribution >= 4 is 11.9 Å². The molecule has 1 N–H and O–H groups in total. The molecule has 0 unspecified atom stereocenters. The first kappa shape index (κ1) is 16.6. The Morgan fingerprint density at radius 3 is 2.64 bits per heavy atom. The van der Waals surface area contributed by atoms with E-state index in [2.05, 4.69) is 34.5 Å². The Labute approximate surface area is 148 Å². The molecule has 134 valence electrons. The number of carbonyl (C=O) groups excluding carboxylic acids is 2. The molecule has 1 saturated heterocycles. The third-order valence-electron chi connectivity index (χ3n) is 6.26. The summed E-state index contributed by atoms with van der Waals surface area (Å²) in [6, 6.07) is 10.7. The lowest BCUT2D eigenvalue weighted by molar-refractivity contribution is -0.152. The largest absolute Gasteiger partial charge is 0.468 e. The summed E-state index contributed by atoms with van der Waals surface area (Å²) in [6.07, 6.45) is 3.42. The van der Waals surface area contributed by atoms with Crippen LogP contribution in [0.1, 0.15) is 31.2 Å². The fourth-order valence-electron chi connectivity index (χ4n) is 4.66. The van der Waals surface area contributed by atoms with Crippen LogP contribution in [0.15, 0.2) is 30.3 Å². The first-order valence-electron chi connectivity index (χ1n) is 9.28. The number of ether oxygens (including phenoxy) is 1. The van der Waals surface area contributed by atoms with E-state index < -0.39 is 5.41 Å². The molecule has 1 aromatic carbocycles. The predicted molar refractivity (Wildman–Crippen MR) is 93.5 cm³/mol. The molecule has 1 amide bonds. The highest BCUT2D eigenvalue weighted by Crippen LogP contribution is 2.48. The van der Waals surface area contributed by atoms with Crippen molar-refractivity contribution < 1.29 is 14.3 Å². The van der Waals surface area contributed by atoms with E-state index in [4.69, 9.17) is 4.74 Å². The summed E-state index contributed by atoms with van der Waals surface area (Å²) in [5.74, 6) is 0.659. The van der Waals surface area contributed by atoms with Crippen molar-refractivity contribution in [2.45, 2.75) is 38.3 Å². The lowest BCUT2D eigenvalue weighted by atomic mass is 9.97. The minimum absolute atomic E-state index is 0.119. The number of carbonyl (C=O) groups is 2. The minimum Gasteiger partial charge on any atom is -0.468 e. The number of benzene rings is 1. The molecule has 2 aliphatic carbocycles. The predicted octanol–water partition coefficient (Wildman–Crippen LogP) is 1.97. The molecule has 25 heavy (non-hydrogen) atoms. The standard InChI is InChI=1S/C20H26N2O3/c1-25-19(24)20(9-10-20)18(23)21-17-8-7-15-12-22(13-16(15)17)11-14-5-3-2-4-6-14/h2-6,15-17H,7-13H2,1H3,(H,21,23)/t15-,16+,17+/m0/s1. The number of amides is 1. The highest BCUT2D eigenvalue weighted by atomic mass is 16.5. The molecule has 0 bridgehead atoms. The maximum absolute atomic E-state index is 12.6. The Hall–Kier alpha value is -1.88. The quantitative estimate of drug-likeness (QED) is 0.656. The molecule has 3 fully saturated rings. The number of esters is 1. The molecule has 3 atom stereocenters. The van der Waals surface area contributed by atoms with E-state index in [-0.39, 0.29) is 17.9 Å². The van der Waals surface area contributed by atoms with E-state index in [1.165, 1.54) is 12.7 Å². The molecule has 1 aliphatic heterocycles. The second-order valence-electron chi connectivity index (χ2n) is 7.83. The van der Waals surface area contributed by atoms with Crippen molar-refractivity contribution in [1.29, 1.82) is 0 Å². The van der Waals surface area contributed by atoms with Crippen molar-refractivity contribution in [2.75, 3.05) is 20.2 Å². The summed E-state index contributed by atoms with van der Waals surface area (Å²) < 4.78 is 4.83. The third-order valence-corrected chi connectivity index (χ3v) is 6.26. The number of methoxy groups -OCH3 is 1. The van der Waals surface area contributed by atoms with Crippen LogP contribution in [0.2, 0.25) is 0 Å². The van der Waals surface area contributed by atoms with Gasteiger partial charge in [0.05, 0.1) is 7.11 Å². The van der Waals surface area contributed by atoms with E-state index in [0.717, 1.165) is 32.5 Å². The Kier molecular flexibility index (Phi) is 4.28. The van der Waals surface area contributed by atoms with Crippen LogP contribution in [-0.2, 0) is 20.9 Å². The first-order valence-corrected chi connectivity index (χ1v) is 9.28. The van der Waals surface area contributed by atoms with Crippen molar-refractivity contribution in [3.05, 3.63) is 35.9 Å². The topological polar surface area (TPSA) is 58.6 Å². The fourth-order valence-corrected chi connectivity index (χ4v) is 4.66. The number of fused-ring (bicyclic) bond motifs is 1. The van der Waals surface area contributed by atoms with Crippen molar-refractivity contribution in [2.24, 2.45) is 17.3 Å². The molecular formula is C20H26N2O3. The zero-order valence-electron chi connectivity index (χ0n) is 14.7. The van der Waals surface area contributed by atoms with Crippen LogP contribution in [0.5, 0.6) is 0 Å². The molecule has 0 radical (unpaired) electrons. The van der Waals surface area contributed by atoms with Gasteiger partial charge < -0.3 is 10.1 Å². The normalized spacial score (nSPS) is 29.9. The number of nitrogens with zero attached hydrogens (tertiary/aromatic N) is 1. The van der Waals surface area contributed by atoms with Crippen LogP contribution in [0.3, 0.4) is 0 Å². The minimum atomic E-state index is -0.894. The van der Waals surface area contributed by atoms with Crippen LogP contribution in [-0.4, -0.2) is 43.0 Å². The molecule has 4 rings (SSSR count). The third kappa shape index (κ3) is 3.06. The van der Waals surface area contributed by atoms with Gasteiger partial charge in [0, 0.05) is 25.7 Å². The molecule has 0 spiro atoms. The summed E-state index contributed by atoms with van der Waals surface area (Å²) in [7, 11) is 1.36. The van der Waals surface area contributed by atoms with Crippen LogP contribution in [0, 0.1) is 17.3 Å². The average molecular weight is 342 g/mol. The van der Waals surface area contributed by atoms with Gasteiger partial charge in [-0.2, -0.15) is 0 Å². The van der Waals surface area contributed by atoms with Crippen molar-refractivity contribution in [3.63, 3.8) is 0 Å². The van der Waals surface area contributed by atoms with Crippen molar-refractivity contribution in [3.8, 4) is 0 Å². The van der Waals surface area contributed by atoms with Gasteiger partial charge in [-0.25, -0.2) is 0 Å². The highest BCUT2D eigenvalue weighted by molar-refractivity contribution is 6.05. The van der Waals surface area contributed by atoms with Crippen LogP contribution >= 0.6 is 0 Å². The Balaban J connectivity index is 1.36. The number of likely N-dealkylation sites (tertiary alicyclic amines) is 1. The molecule has 1 heterocycles. The summed E-state index contributed by atoms with van der Waals surface area (Å²) in [5, 5.41) is 3.19. The van der Waals surface area contributed by atoms with Gasteiger partial charge in [-0.05, 0) is 43.1 Å². The average Bonchev–Trinajstić information content (AvgIpc) is 3.24. The van der Waals surface area contributed by atoms with Crippen LogP contribution in [0.25, 0.3) is 0 Å². The summed E-state index contributed by atoms with van der Waals surface area (Å²) in [4.78, 5) is 27.0. The summed E-state index contributed by atoms with van der Waals surface area (Å²) in [6.45, 7) is 3.10. The molecule has 2 saturated carbocycles. The van der Waals surface area contributed by atoms with Crippen molar-refractivity contribution in [1.82, 2.24) is 10.2 Å². The van der Waals surface area contributed by atoms with Gasteiger partial charge in [0.2, 0.25) is 5.91 Å². The van der Waals surface area contributed by atoms with E-state index in [0.29, 0.717) is 24.7 Å². The Morgan fingerprint density at radius 2 is 1.96 bits per heavy atom. The zero-order valence-corrected chi connectivity index (χ0v) is 14.7. The van der Waals surface area contributed by atoms with Gasteiger partial charge in [-0.1, -0.05) is 30.3 Å². The van der Waals surface area contributed by atoms with Crippen LogP contribution < -0.4 is 5.32 Å². The van der Waals surface area contributed by atoms with E-state index in [1.807, 2.05) is 6.07 Å². The van der Waals surface area contributed by atoms with Gasteiger partial charge in [-0.15, -0.1) is 0 Å².